The number of nitrogens with zero attached hydrogens (tertiary/aromatic N) is 1. The Bertz CT molecular complexity index is 706. The standard InChI is InChI=1S/C17H17BrN2O2S/c1-20(10-12-2-5-14(18)6-3-12)17(23)19-9-13-4-7-15-16(8-13)22-11-21-15/h2-8H,9-11H2,1H3,(H,19,23). The molecule has 6 heteroatoms. The van der Waals surface area contributed by atoms with E-state index in [1.54, 1.807) is 0 Å². The summed E-state index contributed by atoms with van der Waals surface area (Å²) in [4.78, 5) is 2.02. The first-order chi connectivity index (χ1) is 11.1. The van der Waals surface area contributed by atoms with Crippen molar-refractivity contribution < 1.29 is 9.47 Å². The molecule has 3 rings (SSSR count). The summed E-state index contributed by atoms with van der Waals surface area (Å²) < 4.78 is 11.8. The van der Waals surface area contributed by atoms with Crippen LogP contribution in [0.1, 0.15) is 11.1 Å². The van der Waals surface area contributed by atoms with Gasteiger partial charge in [0.1, 0.15) is 0 Å². The van der Waals surface area contributed by atoms with Gasteiger partial charge in [-0.15, -0.1) is 0 Å². The van der Waals surface area contributed by atoms with Crippen LogP contribution in [-0.4, -0.2) is 23.9 Å². The Morgan fingerprint density at radius 2 is 1.83 bits per heavy atom. The molecule has 2 aromatic carbocycles. The number of ether oxygens (including phenoxy) is 2. The van der Waals surface area contributed by atoms with Gasteiger partial charge in [-0.25, -0.2) is 0 Å². The molecule has 0 bridgehead atoms. The molecule has 4 nitrogen and oxygen atoms in total. The highest BCUT2D eigenvalue weighted by molar-refractivity contribution is 9.10. The number of halogens is 1. The predicted octanol–water partition coefficient (Wildman–Crippen LogP) is 3.68. The zero-order valence-corrected chi connectivity index (χ0v) is 15.1. The van der Waals surface area contributed by atoms with E-state index in [-0.39, 0.29) is 0 Å². The molecule has 23 heavy (non-hydrogen) atoms. The number of rotatable bonds is 4. The molecule has 1 heterocycles. The molecule has 1 aliphatic rings. The highest BCUT2D eigenvalue weighted by atomic mass is 79.9. The number of hydrogen-bond donors (Lipinski definition) is 1. The highest BCUT2D eigenvalue weighted by Gasteiger charge is 2.13. The number of thiocarbonyl (C=S) groups is 1. The Kier molecular flexibility index (Phi) is 5.03. The molecule has 0 aromatic heterocycles. The van der Waals surface area contributed by atoms with Gasteiger partial charge in [-0.1, -0.05) is 34.1 Å². The molecule has 0 saturated heterocycles. The van der Waals surface area contributed by atoms with Crippen LogP contribution in [0.5, 0.6) is 11.5 Å². The van der Waals surface area contributed by atoms with Crippen molar-refractivity contribution in [2.24, 2.45) is 0 Å². The lowest BCUT2D eigenvalue weighted by molar-refractivity contribution is 0.174. The SMILES string of the molecule is CN(Cc1ccc(Br)cc1)C(=S)NCc1ccc2c(c1)OCO2. The van der Waals surface area contributed by atoms with Gasteiger partial charge in [-0.05, 0) is 47.6 Å². The van der Waals surface area contributed by atoms with Gasteiger partial charge in [-0.3, -0.25) is 0 Å². The first kappa shape index (κ1) is 16.1. The molecule has 0 spiro atoms. The molecule has 0 fully saturated rings. The topological polar surface area (TPSA) is 33.7 Å². The van der Waals surface area contributed by atoms with E-state index in [2.05, 4.69) is 33.4 Å². The number of nitrogens with one attached hydrogen (secondary N) is 1. The summed E-state index contributed by atoms with van der Waals surface area (Å²) >= 11 is 8.89. The lowest BCUT2D eigenvalue weighted by Crippen LogP contribution is -2.36. The summed E-state index contributed by atoms with van der Waals surface area (Å²) in [6.45, 7) is 1.71. The van der Waals surface area contributed by atoms with Crippen molar-refractivity contribution >= 4 is 33.3 Å². The third kappa shape index (κ3) is 4.14. The first-order valence-electron chi connectivity index (χ1n) is 7.24. The minimum atomic E-state index is 0.292. The van der Waals surface area contributed by atoms with Crippen LogP contribution >= 0.6 is 28.1 Å². The van der Waals surface area contributed by atoms with Crippen LogP contribution in [0.4, 0.5) is 0 Å². The van der Waals surface area contributed by atoms with Crippen LogP contribution in [-0.2, 0) is 13.1 Å². The van der Waals surface area contributed by atoms with E-state index >= 15 is 0 Å². The summed E-state index contributed by atoms with van der Waals surface area (Å²) in [6.07, 6.45) is 0. The Morgan fingerprint density at radius 1 is 1.13 bits per heavy atom. The second kappa shape index (κ2) is 7.19. The van der Waals surface area contributed by atoms with Crippen LogP contribution < -0.4 is 14.8 Å². The van der Waals surface area contributed by atoms with E-state index in [4.69, 9.17) is 21.7 Å². The maximum Gasteiger partial charge on any atom is 0.231 e. The second-order valence-corrected chi connectivity index (χ2v) is 6.63. The number of benzene rings is 2. The predicted molar refractivity (Wildman–Crippen MR) is 97.6 cm³/mol. The third-order valence-electron chi connectivity index (χ3n) is 3.56. The van der Waals surface area contributed by atoms with Gasteiger partial charge in [0, 0.05) is 24.6 Å². The Morgan fingerprint density at radius 3 is 2.61 bits per heavy atom. The summed E-state index contributed by atoms with van der Waals surface area (Å²) in [6, 6.07) is 14.2. The molecule has 1 aliphatic heterocycles. The lowest BCUT2D eigenvalue weighted by atomic mass is 10.2. The van der Waals surface area contributed by atoms with Gasteiger partial charge >= 0.3 is 0 Å². The van der Waals surface area contributed by atoms with Crippen LogP contribution in [0.3, 0.4) is 0 Å². The van der Waals surface area contributed by atoms with Crippen molar-refractivity contribution in [3.8, 4) is 11.5 Å². The maximum atomic E-state index is 5.45. The van der Waals surface area contributed by atoms with E-state index in [0.29, 0.717) is 18.5 Å². The molecule has 0 unspecified atom stereocenters. The monoisotopic (exact) mass is 392 g/mol. The summed E-state index contributed by atoms with van der Waals surface area (Å²) in [5, 5.41) is 3.99. The van der Waals surface area contributed by atoms with Crippen LogP contribution in [0.15, 0.2) is 46.9 Å². The molecular formula is C17H17BrN2O2S. The molecule has 0 radical (unpaired) electrons. The fraction of sp³-hybridized carbons (Fsp3) is 0.235. The minimum Gasteiger partial charge on any atom is -0.454 e. The lowest BCUT2D eigenvalue weighted by Gasteiger charge is -2.21. The molecule has 0 saturated carbocycles. The largest absolute Gasteiger partial charge is 0.454 e. The molecule has 2 aromatic rings. The molecule has 0 amide bonds. The van der Waals surface area contributed by atoms with Crippen LogP contribution in [0, 0.1) is 0 Å². The maximum absolute atomic E-state index is 5.45. The van der Waals surface area contributed by atoms with Crippen molar-refractivity contribution in [3.63, 3.8) is 0 Å². The quantitative estimate of drug-likeness (QED) is 0.802. The Hall–Kier alpha value is -1.79. The summed E-state index contributed by atoms with van der Waals surface area (Å²) in [5.74, 6) is 1.59. The van der Waals surface area contributed by atoms with Crippen molar-refractivity contribution in [3.05, 3.63) is 58.1 Å². The molecule has 0 atom stereocenters. The van der Waals surface area contributed by atoms with Gasteiger partial charge in [-0.2, -0.15) is 0 Å². The van der Waals surface area contributed by atoms with Crippen molar-refractivity contribution in [2.75, 3.05) is 13.8 Å². The van der Waals surface area contributed by atoms with Crippen molar-refractivity contribution in [1.82, 2.24) is 10.2 Å². The first-order valence-corrected chi connectivity index (χ1v) is 8.44. The summed E-state index contributed by atoms with van der Waals surface area (Å²) in [7, 11) is 1.98. The average molecular weight is 393 g/mol. The van der Waals surface area contributed by atoms with E-state index < -0.39 is 0 Å². The minimum absolute atomic E-state index is 0.292. The Labute approximate surface area is 149 Å². The molecule has 0 aliphatic carbocycles. The summed E-state index contributed by atoms with van der Waals surface area (Å²) in [5.41, 5.74) is 2.32. The van der Waals surface area contributed by atoms with Gasteiger partial charge in [0.2, 0.25) is 6.79 Å². The van der Waals surface area contributed by atoms with Gasteiger partial charge < -0.3 is 19.7 Å². The average Bonchev–Trinajstić information content (AvgIpc) is 3.02. The zero-order chi connectivity index (χ0) is 16.2. The second-order valence-electron chi connectivity index (χ2n) is 5.33. The van der Waals surface area contributed by atoms with Gasteiger partial charge in [0.05, 0.1) is 0 Å². The molecule has 1 N–H and O–H groups in total. The molecular weight excluding hydrogens is 376 g/mol. The van der Waals surface area contributed by atoms with Crippen LogP contribution in [0.25, 0.3) is 0 Å². The van der Waals surface area contributed by atoms with Gasteiger partial charge in [0.25, 0.3) is 0 Å². The van der Waals surface area contributed by atoms with Gasteiger partial charge in [0.15, 0.2) is 16.6 Å². The number of fused-ring (bicyclic) bond motifs is 1. The van der Waals surface area contributed by atoms with Crippen molar-refractivity contribution in [2.45, 2.75) is 13.1 Å². The Balaban J connectivity index is 1.53. The van der Waals surface area contributed by atoms with E-state index in [0.717, 1.165) is 28.1 Å². The molecule has 120 valence electrons. The van der Waals surface area contributed by atoms with Crippen molar-refractivity contribution in [1.29, 1.82) is 0 Å². The fourth-order valence-electron chi connectivity index (χ4n) is 2.30. The third-order valence-corrected chi connectivity index (χ3v) is 4.55. The van der Waals surface area contributed by atoms with Crippen LogP contribution in [0.2, 0.25) is 0 Å². The van der Waals surface area contributed by atoms with E-state index in [1.165, 1.54) is 5.56 Å². The number of hydrogen-bond acceptors (Lipinski definition) is 3. The highest BCUT2D eigenvalue weighted by Crippen LogP contribution is 2.32. The zero-order valence-electron chi connectivity index (χ0n) is 12.7. The normalized spacial score (nSPS) is 12.1. The smallest absolute Gasteiger partial charge is 0.231 e. The fourth-order valence-corrected chi connectivity index (χ4v) is 2.70. The van der Waals surface area contributed by atoms with E-state index in [1.807, 2.05) is 42.3 Å². The van der Waals surface area contributed by atoms with E-state index in [9.17, 15) is 0 Å².